The van der Waals surface area contributed by atoms with E-state index >= 15 is 0 Å². The van der Waals surface area contributed by atoms with Gasteiger partial charge >= 0.3 is 0 Å². The van der Waals surface area contributed by atoms with Crippen LogP contribution in [0, 0.1) is 5.82 Å². The van der Waals surface area contributed by atoms with Gasteiger partial charge in [-0.1, -0.05) is 23.2 Å². The summed E-state index contributed by atoms with van der Waals surface area (Å²) in [6, 6.07) is 13.4. The molecule has 1 N–H and O–H groups in total. The minimum absolute atomic E-state index is 0.0773. The average molecular weight is 409 g/mol. The van der Waals surface area contributed by atoms with Crippen LogP contribution in [-0.4, -0.2) is 27.6 Å². The van der Waals surface area contributed by atoms with Crippen molar-refractivity contribution in [3.8, 4) is 17.0 Å². The van der Waals surface area contributed by atoms with Gasteiger partial charge in [0.2, 0.25) is 0 Å². The van der Waals surface area contributed by atoms with Gasteiger partial charge in [0.05, 0.1) is 17.3 Å². The topological polar surface area (TPSA) is 64.4 Å². The normalized spacial score (nSPS) is 12.0. The van der Waals surface area contributed by atoms with Crippen molar-refractivity contribution in [3.63, 3.8) is 0 Å². The van der Waals surface area contributed by atoms with Gasteiger partial charge in [-0.05, 0) is 42.5 Å². The maximum absolute atomic E-state index is 13.1. The highest BCUT2D eigenvalue weighted by molar-refractivity contribution is 6.34. The Morgan fingerprint density at radius 1 is 1.11 bits per heavy atom. The number of aromatic nitrogens is 2. The van der Waals surface area contributed by atoms with Crippen LogP contribution in [0.1, 0.15) is 0 Å². The molecule has 140 valence electrons. The molecule has 1 atom stereocenters. The summed E-state index contributed by atoms with van der Waals surface area (Å²) in [5.41, 5.74) is 0.767. The highest BCUT2D eigenvalue weighted by Gasteiger charge is 2.12. The molecule has 0 bridgehead atoms. The van der Waals surface area contributed by atoms with Crippen LogP contribution in [0.5, 0.6) is 5.75 Å². The molecule has 1 heterocycles. The van der Waals surface area contributed by atoms with Crippen molar-refractivity contribution in [1.29, 1.82) is 0 Å². The number of hydrogen-bond acceptors (Lipinski definition) is 4. The lowest BCUT2D eigenvalue weighted by atomic mass is 10.1. The van der Waals surface area contributed by atoms with Crippen LogP contribution in [-0.2, 0) is 6.54 Å². The summed E-state index contributed by atoms with van der Waals surface area (Å²) >= 11 is 11.9. The first kappa shape index (κ1) is 19.4. The molecule has 3 rings (SSSR count). The van der Waals surface area contributed by atoms with Crippen LogP contribution < -0.4 is 10.3 Å². The van der Waals surface area contributed by atoms with E-state index in [0.717, 1.165) is 4.68 Å². The van der Waals surface area contributed by atoms with Gasteiger partial charge in [-0.25, -0.2) is 9.07 Å². The third kappa shape index (κ3) is 5.07. The summed E-state index contributed by atoms with van der Waals surface area (Å²) in [7, 11) is 0. The summed E-state index contributed by atoms with van der Waals surface area (Å²) in [6.45, 7) is -0.180. The number of ether oxygens (including phenoxy) is 1. The number of aliphatic hydroxyl groups is 1. The number of halogens is 3. The van der Waals surface area contributed by atoms with Gasteiger partial charge in [0.1, 0.15) is 24.3 Å². The molecule has 0 saturated carbocycles. The van der Waals surface area contributed by atoms with Crippen LogP contribution in [0.3, 0.4) is 0 Å². The minimum atomic E-state index is -1.01. The predicted molar refractivity (Wildman–Crippen MR) is 102 cm³/mol. The average Bonchev–Trinajstić information content (AvgIpc) is 2.65. The Bertz CT molecular complexity index is 993. The summed E-state index contributed by atoms with van der Waals surface area (Å²) < 4.78 is 19.7. The zero-order valence-corrected chi connectivity index (χ0v) is 15.5. The maximum atomic E-state index is 13.1. The highest BCUT2D eigenvalue weighted by Crippen LogP contribution is 2.27. The molecule has 0 aliphatic rings. The zero-order valence-electron chi connectivity index (χ0n) is 14.0. The van der Waals surface area contributed by atoms with Gasteiger partial charge < -0.3 is 9.84 Å². The Labute approximate surface area is 164 Å². The molecule has 0 aliphatic heterocycles. The van der Waals surface area contributed by atoms with Gasteiger partial charge in [-0.15, -0.1) is 0 Å². The molecular weight excluding hydrogens is 394 g/mol. The molecule has 2 aromatic carbocycles. The molecule has 1 unspecified atom stereocenters. The standard InChI is InChI=1S/C19H15Cl2FN2O3/c20-13-3-6-16(21)18(9-13)27-11-15(25)10-24-19(26)8-7-17(23-24)12-1-4-14(22)5-2-12/h1-9,15,25H,10-11H2. The Morgan fingerprint density at radius 3 is 2.59 bits per heavy atom. The van der Waals surface area contributed by atoms with E-state index in [9.17, 15) is 14.3 Å². The third-order valence-electron chi connectivity index (χ3n) is 3.71. The van der Waals surface area contributed by atoms with E-state index in [1.165, 1.54) is 24.3 Å². The lowest BCUT2D eigenvalue weighted by Gasteiger charge is -2.14. The summed E-state index contributed by atoms with van der Waals surface area (Å²) in [5.74, 6) is -0.0251. The van der Waals surface area contributed by atoms with Crippen molar-refractivity contribution < 1.29 is 14.2 Å². The van der Waals surface area contributed by atoms with E-state index in [4.69, 9.17) is 27.9 Å². The second-order valence-corrected chi connectivity index (χ2v) is 6.63. The second kappa shape index (κ2) is 8.52. The highest BCUT2D eigenvalue weighted by atomic mass is 35.5. The van der Waals surface area contributed by atoms with Gasteiger partial charge in [0, 0.05) is 22.7 Å². The van der Waals surface area contributed by atoms with Crippen molar-refractivity contribution in [3.05, 3.63) is 80.8 Å². The van der Waals surface area contributed by atoms with Crippen molar-refractivity contribution in [1.82, 2.24) is 9.78 Å². The lowest BCUT2D eigenvalue weighted by Crippen LogP contribution is -2.31. The second-order valence-electron chi connectivity index (χ2n) is 5.79. The van der Waals surface area contributed by atoms with Gasteiger partial charge in [-0.3, -0.25) is 4.79 Å². The Kier molecular flexibility index (Phi) is 6.11. The first-order valence-electron chi connectivity index (χ1n) is 8.02. The number of hydrogen-bond donors (Lipinski definition) is 1. The Hall–Kier alpha value is -2.41. The molecule has 0 aliphatic carbocycles. The predicted octanol–water partition coefficient (Wildman–Crippen LogP) is 3.80. The van der Waals surface area contributed by atoms with E-state index in [-0.39, 0.29) is 24.5 Å². The zero-order chi connectivity index (χ0) is 19.4. The molecule has 3 aromatic rings. The third-order valence-corrected chi connectivity index (χ3v) is 4.26. The quantitative estimate of drug-likeness (QED) is 0.673. The number of aliphatic hydroxyl groups excluding tert-OH is 1. The largest absolute Gasteiger partial charge is 0.489 e. The minimum Gasteiger partial charge on any atom is -0.489 e. The Balaban J connectivity index is 1.71. The number of nitrogens with zero attached hydrogens (tertiary/aromatic N) is 2. The van der Waals surface area contributed by atoms with Crippen molar-refractivity contribution in [2.75, 3.05) is 6.61 Å². The van der Waals surface area contributed by atoms with Gasteiger partial charge in [0.15, 0.2) is 0 Å². The van der Waals surface area contributed by atoms with Gasteiger partial charge in [-0.2, -0.15) is 5.10 Å². The number of benzene rings is 2. The molecule has 1 aromatic heterocycles. The first-order valence-corrected chi connectivity index (χ1v) is 8.78. The van der Waals surface area contributed by atoms with E-state index in [1.807, 2.05) is 0 Å². The fourth-order valence-electron chi connectivity index (χ4n) is 2.38. The molecular formula is C19H15Cl2FN2O3. The van der Waals surface area contributed by atoms with Crippen LogP contribution in [0.2, 0.25) is 10.0 Å². The molecule has 27 heavy (non-hydrogen) atoms. The molecule has 0 amide bonds. The van der Waals surface area contributed by atoms with Crippen molar-refractivity contribution >= 4 is 23.2 Å². The number of rotatable bonds is 6. The summed E-state index contributed by atoms with van der Waals surface area (Å²) in [4.78, 5) is 12.0. The monoisotopic (exact) mass is 408 g/mol. The van der Waals surface area contributed by atoms with Crippen molar-refractivity contribution in [2.45, 2.75) is 12.6 Å². The van der Waals surface area contributed by atoms with Crippen LogP contribution >= 0.6 is 23.2 Å². The molecule has 0 radical (unpaired) electrons. The van der Waals surface area contributed by atoms with Crippen LogP contribution in [0.4, 0.5) is 4.39 Å². The van der Waals surface area contributed by atoms with E-state index in [0.29, 0.717) is 27.1 Å². The first-order chi connectivity index (χ1) is 12.9. The lowest BCUT2D eigenvalue weighted by molar-refractivity contribution is 0.0881. The fourth-order valence-corrected chi connectivity index (χ4v) is 2.71. The van der Waals surface area contributed by atoms with Gasteiger partial charge in [0.25, 0.3) is 5.56 Å². The summed E-state index contributed by atoms with van der Waals surface area (Å²) in [5, 5.41) is 15.2. The molecule has 0 fully saturated rings. The van der Waals surface area contributed by atoms with Crippen LogP contribution in [0.15, 0.2) is 59.4 Å². The van der Waals surface area contributed by atoms with E-state index in [2.05, 4.69) is 5.10 Å². The van der Waals surface area contributed by atoms with E-state index in [1.54, 1.807) is 30.3 Å². The smallest absolute Gasteiger partial charge is 0.266 e. The fraction of sp³-hybridized carbons (Fsp3) is 0.158. The Morgan fingerprint density at radius 2 is 1.85 bits per heavy atom. The van der Waals surface area contributed by atoms with Crippen molar-refractivity contribution in [2.24, 2.45) is 0 Å². The molecule has 5 nitrogen and oxygen atoms in total. The maximum Gasteiger partial charge on any atom is 0.266 e. The molecule has 8 heteroatoms. The summed E-state index contributed by atoms with van der Waals surface area (Å²) in [6.07, 6.45) is -1.01. The molecule has 0 spiro atoms. The SMILES string of the molecule is O=c1ccc(-c2ccc(F)cc2)nn1CC(O)COc1cc(Cl)ccc1Cl. The molecule has 0 saturated heterocycles. The van der Waals surface area contributed by atoms with Crippen LogP contribution in [0.25, 0.3) is 11.3 Å². The van der Waals surface area contributed by atoms with E-state index < -0.39 is 6.10 Å².